The Labute approximate surface area is 131 Å². The summed E-state index contributed by atoms with van der Waals surface area (Å²) in [4.78, 5) is 27.4. The molecular formula is C13H8F2N4O3S. The first-order chi connectivity index (χ1) is 10.9. The average Bonchev–Trinajstić information content (AvgIpc) is 3.05. The van der Waals surface area contributed by atoms with E-state index in [1.807, 2.05) is 0 Å². The van der Waals surface area contributed by atoms with Gasteiger partial charge in [-0.2, -0.15) is 0 Å². The van der Waals surface area contributed by atoms with Crippen LogP contribution < -0.4 is 10.6 Å². The van der Waals surface area contributed by atoms with Gasteiger partial charge < -0.3 is 4.52 Å². The summed E-state index contributed by atoms with van der Waals surface area (Å²) in [6.07, 6.45) is 0. The Bertz CT molecular complexity index is 882. The van der Waals surface area contributed by atoms with Crippen LogP contribution in [-0.4, -0.2) is 22.0 Å². The molecule has 0 atom stereocenters. The van der Waals surface area contributed by atoms with Gasteiger partial charge in [0.1, 0.15) is 5.76 Å². The Balaban J connectivity index is 1.73. The summed E-state index contributed by atoms with van der Waals surface area (Å²) in [7, 11) is 0. The monoisotopic (exact) mass is 338 g/mol. The second-order valence-electron chi connectivity index (χ2n) is 4.48. The molecule has 0 unspecified atom stereocenters. The number of amides is 2. The number of fused-ring (bicyclic) bond motifs is 1. The van der Waals surface area contributed by atoms with E-state index in [2.05, 4.69) is 20.8 Å². The number of anilines is 2. The van der Waals surface area contributed by atoms with Crippen molar-refractivity contribution in [1.29, 1.82) is 0 Å². The maximum Gasteiger partial charge on any atom is 0.315 e. The molecule has 3 rings (SSSR count). The molecule has 0 radical (unpaired) electrons. The summed E-state index contributed by atoms with van der Waals surface area (Å²) in [5.74, 6) is -3.47. The van der Waals surface area contributed by atoms with Gasteiger partial charge in [-0.1, -0.05) is 16.5 Å². The molecule has 1 aromatic carbocycles. The molecule has 0 aliphatic heterocycles. The molecule has 2 heterocycles. The predicted molar refractivity (Wildman–Crippen MR) is 78.0 cm³/mol. The molecule has 0 saturated heterocycles. The lowest BCUT2D eigenvalue weighted by molar-refractivity contribution is -0.133. The minimum atomic E-state index is -1.04. The number of aryl methyl sites for hydroxylation is 1. The van der Waals surface area contributed by atoms with Crippen molar-refractivity contribution in [3.8, 4) is 0 Å². The zero-order chi connectivity index (χ0) is 16.6. The summed E-state index contributed by atoms with van der Waals surface area (Å²) >= 11 is 0.912. The normalized spacial score (nSPS) is 10.7. The van der Waals surface area contributed by atoms with E-state index < -0.39 is 23.4 Å². The van der Waals surface area contributed by atoms with Crippen molar-refractivity contribution in [3.63, 3.8) is 0 Å². The number of benzene rings is 1. The van der Waals surface area contributed by atoms with Crippen LogP contribution in [0.1, 0.15) is 5.76 Å². The van der Waals surface area contributed by atoms with Crippen LogP contribution in [0.5, 0.6) is 0 Å². The van der Waals surface area contributed by atoms with Gasteiger partial charge in [0.05, 0.1) is 10.2 Å². The molecular weight excluding hydrogens is 330 g/mol. The SMILES string of the molecule is Cc1cc(NC(=O)C(=O)Nc2nc3cc(F)c(F)cc3s2)no1. The number of nitrogens with one attached hydrogen (secondary N) is 2. The first kappa shape index (κ1) is 15.0. The molecule has 2 amide bonds. The van der Waals surface area contributed by atoms with Gasteiger partial charge in [-0.05, 0) is 13.0 Å². The van der Waals surface area contributed by atoms with E-state index in [1.165, 1.54) is 6.07 Å². The number of thiazole rings is 1. The fourth-order valence-electron chi connectivity index (χ4n) is 1.73. The van der Waals surface area contributed by atoms with E-state index >= 15 is 0 Å². The zero-order valence-electron chi connectivity index (χ0n) is 11.5. The predicted octanol–water partition coefficient (Wildman–Crippen LogP) is 2.45. The van der Waals surface area contributed by atoms with E-state index in [4.69, 9.17) is 4.52 Å². The number of carbonyl (C=O) groups is 2. The molecule has 2 N–H and O–H groups in total. The number of hydrogen-bond donors (Lipinski definition) is 2. The van der Waals surface area contributed by atoms with E-state index in [-0.39, 0.29) is 16.5 Å². The highest BCUT2D eigenvalue weighted by atomic mass is 32.1. The largest absolute Gasteiger partial charge is 0.360 e. The van der Waals surface area contributed by atoms with Crippen LogP contribution in [0.3, 0.4) is 0 Å². The van der Waals surface area contributed by atoms with Crippen molar-refractivity contribution >= 4 is 44.3 Å². The van der Waals surface area contributed by atoms with Crippen molar-refractivity contribution < 1.29 is 22.9 Å². The number of hydrogen-bond acceptors (Lipinski definition) is 6. The highest BCUT2D eigenvalue weighted by Crippen LogP contribution is 2.27. The quantitative estimate of drug-likeness (QED) is 0.700. The molecule has 0 spiro atoms. The molecule has 0 saturated carbocycles. The van der Waals surface area contributed by atoms with Gasteiger partial charge in [-0.25, -0.2) is 13.8 Å². The van der Waals surface area contributed by atoms with Gasteiger partial charge in [-0.3, -0.25) is 20.2 Å². The zero-order valence-corrected chi connectivity index (χ0v) is 12.3. The molecule has 10 heteroatoms. The van der Waals surface area contributed by atoms with Crippen LogP contribution in [0.25, 0.3) is 10.2 Å². The third-order valence-corrected chi connectivity index (χ3v) is 3.66. The van der Waals surface area contributed by atoms with Crippen LogP contribution in [0, 0.1) is 18.6 Å². The standard InChI is InChI=1S/C13H8F2N4O3S/c1-5-2-10(19-22-5)17-11(20)12(21)18-13-16-8-3-6(14)7(15)4-9(8)23-13/h2-4H,1H3,(H,16,18,21)(H,17,19,20). The van der Waals surface area contributed by atoms with Crippen LogP contribution in [-0.2, 0) is 9.59 Å². The van der Waals surface area contributed by atoms with Crippen molar-refractivity contribution in [1.82, 2.24) is 10.1 Å². The van der Waals surface area contributed by atoms with Gasteiger partial charge >= 0.3 is 11.8 Å². The Hall–Kier alpha value is -2.88. The highest BCUT2D eigenvalue weighted by molar-refractivity contribution is 7.22. The summed E-state index contributed by atoms with van der Waals surface area (Å²) in [6.45, 7) is 1.63. The molecule has 7 nitrogen and oxygen atoms in total. The first-order valence-electron chi connectivity index (χ1n) is 6.23. The number of carbonyl (C=O) groups excluding carboxylic acids is 2. The Morgan fingerprint density at radius 1 is 1.13 bits per heavy atom. The first-order valence-corrected chi connectivity index (χ1v) is 7.05. The number of aromatic nitrogens is 2. The van der Waals surface area contributed by atoms with Crippen molar-refractivity contribution in [2.75, 3.05) is 10.6 Å². The van der Waals surface area contributed by atoms with Gasteiger partial charge in [0.2, 0.25) is 0 Å². The summed E-state index contributed by atoms with van der Waals surface area (Å²) < 4.78 is 31.3. The topological polar surface area (TPSA) is 97.1 Å². The third kappa shape index (κ3) is 3.16. The molecule has 2 aromatic heterocycles. The van der Waals surface area contributed by atoms with E-state index in [1.54, 1.807) is 6.92 Å². The second-order valence-corrected chi connectivity index (χ2v) is 5.51. The van der Waals surface area contributed by atoms with Crippen LogP contribution >= 0.6 is 11.3 Å². The summed E-state index contributed by atoms with van der Waals surface area (Å²) in [6, 6.07) is 3.32. The minimum Gasteiger partial charge on any atom is -0.360 e. The lowest BCUT2D eigenvalue weighted by Gasteiger charge is -2.00. The Morgan fingerprint density at radius 3 is 2.52 bits per heavy atom. The van der Waals surface area contributed by atoms with Crippen molar-refractivity contribution in [2.24, 2.45) is 0 Å². The average molecular weight is 338 g/mol. The van der Waals surface area contributed by atoms with Crippen LogP contribution in [0.4, 0.5) is 19.7 Å². The third-order valence-electron chi connectivity index (χ3n) is 2.73. The number of halogens is 2. The molecule has 118 valence electrons. The lowest BCUT2D eigenvalue weighted by Crippen LogP contribution is -2.29. The summed E-state index contributed by atoms with van der Waals surface area (Å²) in [5, 5.41) is 8.05. The van der Waals surface area contributed by atoms with E-state index in [0.717, 1.165) is 23.5 Å². The molecule has 3 aromatic rings. The van der Waals surface area contributed by atoms with E-state index in [9.17, 15) is 18.4 Å². The molecule has 0 aliphatic carbocycles. The lowest BCUT2D eigenvalue weighted by atomic mass is 10.3. The summed E-state index contributed by atoms with van der Waals surface area (Å²) in [5.41, 5.74) is 0.178. The Kier molecular flexibility index (Phi) is 3.74. The number of rotatable bonds is 2. The molecule has 23 heavy (non-hydrogen) atoms. The highest BCUT2D eigenvalue weighted by Gasteiger charge is 2.18. The van der Waals surface area contributed by atoms with Gasteiger partial charge in [0, 0.05) is 12.1 Å². The Morgan fingerprint density at radius 2 is 1.83 bits per heavy atom. The van der Waals surface area contributed by atoms with Gasteiger partial charge in [0.25, 0.3) is 0 Å². The molecule has 0 fully saturated rings. The van der Waals surface area contributed by atoms with Crippen LogP contribution in [0.15, 0.2) is 22.7 Å². The fraction of sp³-hybridized carbons (Fsp3) is 0.0769. The maximum absolute atomic E-state index is 13.1. The molecule has 0 aliphatic rings. The van der Waals surface area contributed by atoms with Crippen molar-refractivity contribution in [2.45, 2.75) is 6.92 Å². The molecule has 0 bridgehead atoms. The number of nitrogens with zero attached hydrogens (tertiary/aromatic N) is 2. The van der Waals surface area contributed by atoms with Crippen LogP contribution in [0.2, 0.25) is 0 Å². The second kappa shape index (κ2) is 5.72. The smallest absolute Gasteiger partial charge is 0.315 e. The maximum atomic E-state index is 13.1. The fourth-order valence-corrected chi connectivity index (χ4v) is 2.60. The van der Waals surface area contributed by atoms with Gasteiger partial charge in [0.15, 0.2) is 22.6 Å². The van der Waals surface area contributed by atoms with E-state index in [0.29, 0.717) is 10.5 Å². The van der Waals surface area contributed by atoms with Gasteiger partial charge in [-0.15, -0.1) is 0 Å². The minimum absolute atomic E-state index is 0.0430. The van der Waals surface area contributed by atoms with Crippen molar-refractivity contribution in [3.05, 3.63) is 35.6 Å².